The summed E-state index contributed by atoms with van der Waals surface area (Å²) in [5.41, 5.74) is 1.72. The molecule has 0 saturated carbocycles. The van der Waals surface area contributed by atoms with Crippen LogP contribution in [0.4, 0.5) is 5.69 Å². The summed E-state index contributed by atoms with van der Waals surface area (Å²) in [6.45, 7) is 14.0. The van der Waals surface area contributed by atoms with Gasteiger partial charge in [-0.15, -0.1) is 0 Å². The smallest absolute Gasteiger partial charge is 0.227 e. The van der Waals surface area contributed by atoms with E-state index in [9.17, 15) is 9.90 Å². The van der Waals surface area contributed by atoms with Crippen molar-refractivity contribution in [2.75, 3.05) is 25.0 Å². The predicted octanol–water partition coefficient (Wildman–Crippen LogP) is 5.17. The fourth-order valence-corrected chi connectivity index (χ4v) is 3.98. The lowest BCUT2D eigenvalue weighted by atomic mass is 9.68. The van der Waals surface area contributed by atoms with Crippen LogP contribution in [-0.2, 0) is 10.2 Å². The van der Waals surface area contributed by atoms with Gasteiger partial charge in [-0.25, -0.2) is 0 Å². The zero-order chi connectivity index (χ0) is 20.0. The number of carbonyl (C=O) groups excluding carboxylic acids is 1. The van der Waals surface area contributed by atoms with E-state index in [1.165, 1.54) is 37.8 Å². The number of rotatable bonds is 8. The molecule has 27 heavy (non-hydrogen) atoms. The van der Waals surface area contributed by atoms with Crippen LogP contribution < -0.4 is 5.32 Å². The Morgan fingerprint density at radius 3 is 2.67 bits per heavy atom. The van der Waals surface area contributed by atoms with Gasteiger partial charge in [0.15, 0.2) is 0 Å². The molecule has 4 nitrogen and oxygen atoms in total. The molecule has 0 spiro atoms. The van der Waals surface area contributed by atoms with E-state index in [0.717, 1.165) is 19.5 Å². The monoisotopic (exact) mass is 374 g/mol. The van der Waals surface area contributed by atoms with Gasteiger partial charge in [0.25, 0.3) is 0 Å². The molecule has 1 aliphatic rings. The van der Waals surface area contributed by atoms with Gasteiger partial charge in [0.2, 0.25) is 5.91 Å². The summed E-state index contributed by atoms with van der Waals surface area (Å²) in [5, 5.41) is 13.3. The minimum absolute atomic E-state index is 0.0536. The second-order valence-electron chi connectivity index (χ2n) is 8.81. The molecule has 0 aliphatic carbocycles. The molecule has 1 saturated heterocycles. The van der Waals surface area contributed by atoms with Crippen LogP contribution in [-0.4, -0.2) is 35.5 Å². The number of amides is 1. The van der Waals surface area contributed by atoms with Gasteiger partial charge in [0.05, 0.1) is 5.69 Å². The number of aromatic hydroxyl groups is 1. The molecule has 2 atom stereocenters. The van der Waals surface area contributed by atoms with Crippen molar-refractivity contribution >= 4 is 11.6 Å². The zero-order valence-electron chi connectivity index (χ0n) is 17.8. The van der Waals surface area contributed by atoms with Crippen LogP contribution in [0.3, 0.4) is 0 Å². The maximum atomic E-state index is 11.9. The quantitative estimate of drug-likeness (QED) is 0.488. The molecule has 2 N–H and O–H groups in total. The topological polar surface area (TPSA) is 52.6 Å². The van der Waals surface area contributed by atoms with Gasteiger partial charge in [-0.1, -0.05) is 59.9 Å². The highest BCUT2D eigenvalue weighted by atomic mass is 16.3. The Balaban J connectivity index is 2.02. The van der Waals surface area contributed by atoms with Crippen molar-refractivity contribution in [3.05, 3.63) is 23.8 Å². The largest absolute Gasteiger partial charge is 0.506 e. The van der Waals surface area contributed by atoms with Gasteiger partial charge in [0, 0.05) is 12.5 Å². The van der Waals surface area contributed by atoms with Crippen molar-refractivity contribution < 1.29 is 9.90 Å². The van der Waals surface area contributed by atoms with Gasteiger partial charge in [-0.05, 0) is 55.0 Å². The number of anilines is 1. The Labute approximate surface area is 165 Å². The summed E-state index contributed by atoms with van der Waals surface area (Å²) in [7, 11) is 0. The van der Waals surface area contributed by atoms with E-state index < -0.39 is 0 Å². The van der Waals surface area contributed by atoms with Crippen molar-refractivity contribution in [2.45, 2.75) is 72.1 Å². The minimum atomic E-state index is -0.108. The standard InChI is InChI=1S/C23H38N2O2/c1-6-7-8-9-13-25-14-12-23(5,18(4)16-25)19-10-11-20(21(26)15-19)24-22(27)17(2)3/h10-11,15,17-18,26H,6-9,12-14,16H2,1-5H3,(H,24,27). The second kappa shape index (κ2) is 9.59. The average Bonchev–Trinajstić information content (AvgIpc) is 2.63. The third-order valence-electron chi connectivity index (χ3n) is 6.33. The highest BCUT2D eigenvalue weighted by Gasteiger charge is 2.38. The maximum absolute atomic E-state index is 11.9. The number of hydrogen-bond acceptors (Lipinski definition) is 3. The van der Waals surface area contributed by atoms with Crippen LogP contribution in [0.15, 0.2) is 18.2 Å². The molecular weight excluding hydrogens is 336 g/mol. The molecule has 152 valence electrons. The van der Waals surface area contributed by atoms with Crippen LogP contribution in [0, 0.1) is 11.8 Å². The highest BCUT2D eigenvalue weighted by Crippen LogP contribution is 2.41. The van der Waals surface area contributed by atoms with Gasteiger partial charge in [-0.2, -0.15) is 0 Å². The third-order valence-corrected chi connectivity index (χ3v) is 6.33. The normalized spacial score (nSPS) is 23.6. The molecule has 1 aromatic rings. The molecule has 1 aliphatic heterocycles. The van der Waals surface area contributed by atoms with Gasteiger partial charge < -0.3 is 15.3 Å². The van der Waals surface area contributed by atoms with E-state index in [1.54, 1.807) is 0 Å². The fraction of sp³-hybridized carbons (Fsp3) is 0.696. The van der Waals surface area contributed by atoms with E-state index >= 15 is 0 Å². The summed E-state index contributed by atoms with van der Waals surface area (Å²) in [6, 6.07) is 5.77. The lowest BCUT2D eigenvalue weighted by molar-refractivity contribution is -0.118. The molecule has 0 bridgehead atoms. The Morgan fingerprint density at radius 1 is 1.33 bits per heavy atom. The maximum Gasteiger partial charge on any atom is 0.227 e. The number of benzene rings is 1. The summed E-state index contributed by atoms with van der Waals surface area (Å²) < 4.78 is 0. The molecule has 1 amide bonds. The predicted molar refractivity (Wildman–Crippen MR) is 113 cm³/mol. The SMILES string of the molecule is CCCCCCN1CCC(C)(c2ccc(NC(=O)C(C)C)c(O)c2)C(C)C1. The minimum Gasteiger partial charge on any atom is -0.506 e. The fourth-order valence-electron chi connectivity index (χ4n) is 3.98. The van der Waals surface area contributed by atoms with Crippen molar-refractivity contribution in [3.63, 3.8) is 0 Å². The number of phenols is 1. The van der Waals surface area contributed by atoms with E-state index in [2.05, 4.69) is 37.1 Å². The van der Waals surface area contributed by atoms with Crippen molar-refractivity contribution in [1.29, 1.82) is 0 Å². The first kappa shape index (κ1) is 21.7. The lowest BCUT2D eigenvalue weighted by Gasteiger charge is -2.45. The number of unbranched alkanes of at least 4 members (excludes halogenated alkanes) is 3. The third kappa shape index (κ3) is 5.47. The van der Waals surface area contributed by atoms with Crippen LogP contribution in [0.25, 0.3) is 0 Å². The van der Waals surface area contributed by atoms with E-state index in [0.29, 0.717) is 11.6 Å². The second-order valence-corrected chi connectivity index (χ2v) is 8.81. The molecule has 1 fully saturated rings. The van der Waals surface area contributed by atoms with E-state index in [1.807, 2.05) is 26.0 Å². The number of carbonyl (C=O) groups is 1. The van der Waals surface area contributed by atoms with E-state index in [4.69, 9.17) is 0 Å². The van der Waals surface area contributed by atoms with Crippen LogP contribution in [0.1, 0.15) is 72.3 Å². The van der Waals surface area contributed by atoms with Gasteiger partial charge in [-0.3, -0.25) is 4.79 Å². The summed E-state index contributed by atoms with van der Waals surface area (Å²) in [6.07, 6.45) is 6.34. The molecule has 1 aromatic carbocycles. The first-order valence-electron chi connectivity index (χ1n) is 10.6. The molecule has 2 rings (SSSR count). The summed E-state index contributed by atoms with van der Waals surface area (Å²) >= 11 is 0. The average molecular weight is 375 g/mol. The lowest BCUT2D eigenvalue weighted by Crippen LogP contribution is -2.47. The molecule has 2 unspecified atom stereocenters. The van der Waals surface area contributed by atoms with Crippen LogP contribution in [0.5, 0.6) is 5.75 Å². The molecule has 0 radical (unpaired) electrons. The molecule has 1 heterocycles. The van der Waals surface area contributed by atoms with Crippen molar-refractivity contribution in [2.24, 2.45) is 11.8 Å². The van der Waals surface area contributed by atoms with E-state index in [-0.39, 0.29) is 23.0 Å². The highest BCUT2D eigenvalue weighted by molar-refractivity contribution is 5.93. The van der Waals surface area contributed by atoms with Gasteiger partial charge in [0.1, 0.15) is 5.75 Å². The number of likely N-dealkylation sites (tertiary alicyclic amines) is 1. The van der Waals surface area contributed by atoms with Crippen molar-refractivity contribution in [1.82, 2.24) is 4.90 Å². The Hall–Kier alpha value is -1.55. The zero-order valence-corrected chi connectivity index (χ0v) is 17.8. The summed E-state index contributed by atoms with van der Waals surface area (Å²) in [4.78, 5) is 14.5. The Kier molecular flexibility index (Phi) is 7.72. The molecule has 4 heteroatoms. The Bertz CT molecular complexity index is 629. The first-order valence-corrected chi connectivity index (χ1v) is 10.6. The van der Waals surface area contributed by atoms with Crippen LogP contribution >= 0.6 is 0 Å². The Morgan fingerprint density at radius 2 is 2.07 bits per heavy atom. The first-order chi connectivity index (χ1) is 12.8. The number of nitrogens with one attached hydrogen (secondary N) is 1. The number of hydrogen-bond donors (Lipinski definition) is 2. The van der Waals surface area contributed by atoms with Gasteiger partial charge >= 0.3 is 0 Å². The number of nitrogens with zero attached hydrogens (tertiary/aromatic N) is 1. The molecular formula is C23H38N2O2. The summed E-state index contributed by atoms with van der Waals surface area (Å²) in [5.74, 6) is 0.502. The molecule has 0 aromatic heterocycles. The van der Waals surface area contributed by atoms with Crippen molar-refractivity contribution in [3.8, 4) is 5.75 Å². The number of piperidine rings is 1. The van der Waals surface area contributed by atoms with Crippen LogP contribution in [0.2, 0.25) is 0 Å². The number of phenolic OH excluding ortho intramolecular Hbond substituents is 1.